The Labute approximate surface area is 153 Å². The number of hydrogen-bond acceptors (Lipinski definition) is 4. The molecule has 0 saturated carbocycles. The summed E-state index contributed by atoms with van der Waals surface area (Å²) < 4.78 is 29.1. The number of sulfone groups is 1. The van der Waals surface area contributed by atoms with Crippen LogP contribution in [0.4, 0.5) is 5.69 Å². The number of carbonyl (C=O) groups is 1. The highest BCUT2D eigenvalue weighted by Gasteiger charge is 2.32. The van der Waals surface area contributed by atoms with Gasteiger partial charge in [0.05, 0.1) is 18.9 Å². The molecule has 1 atom stereocenters. The van der Waals surface area contributed by atoms with Crippen LogP contribution in [0.1, 0.15) is 21.5 Å². The molecule has 26 heavy (non-hydrogen) atoms. The number of aryl methyl sites for hydroxylation is 2. The minimum Gasteiger partial charge on any atom is -0.497 e. The van der Waals surface area contributed by atoms with Crippen LogP contribution in [0.2, 0.25) is 0 Å². The van der Waals surface area contributed by atoms with Gasteiger partial charge < -0.3 is 9.64 Å². The summed E-state index contributed by atoms with van der Waals surface area (Å²) in [4.78, 5) is 14.8. The van der Waals surface area contributed by atoms with Crippen molar-refractivity contribution >= 4 is 21.4 Å². The summed E-state index contributed by atoms with van der Waals surface area (Å²) in [5.41, 5.74) is 3.14. The Hall–Kier alpha value is -2.60. The van der Waals surface area contributed by atoms with E-state index in [1.165, 1.54) is 12.5 Å². The second-order valence-corrected chi connectivity index (χ2v) is 8.41. The summed E-state index contributed by atoms with van der Waals surface area (Å²) in [6.07, 6.45) is 1.57. The van der Waals surface area contributed by atoms with Crippen molar-refractivity contribution in [2.75, 3.05) is 17.8 Å². The molecular formula is C20H21NO4S. The summed E-state index contributed by atoms with van der Waals surface area (Å²) in [6.45, 7) is 3.90. The minimum absolute atomic E-state index is 0.115. The van der Waals surface area contributed by atoms with Gasteiger partial charge in [-0.15, -0.1) is 0 Å². The van der Waals surface area contributed by atoms with E-state index < -0.39 is 15.9 Å². The van der Waals surface area contributed by atoms with E-state index >= 15 is 0 Å². The molecule has 0 radical (unpaired) electrons. The highest BCUT2D eigenvalue weighted by molar-refractivity contribution is 7.94. The van der Waals surface area contributed by atoms with Crippen LogP contribution in [0.25, 0.3) is 0 Å². The summed E-state index contributed by atoms with van der Waals surface area (Å²) in [5, 5.41) is 1.19. The number of benzene rings is 2. The van der Waals surface area contributed by atoms with Crippen LogP contribution in [0.5, 0.6) is 5.75 Å². The molecule has 0 aromatic heterocycles. The van der Waals surface area contributed by atoms with Crippen LogP contribution in [-0.4, -0.2) is 33.2 Å². The number of carbonyl (C=O) groups excluding carboxylic acids is 1. The van der Waals surface area contributed by atoms with Crippen molar-refractivity contribution < 1.29 is 17.9 Å². The Morgan fingerprint density at radius 2 is 1.81 bits per heavy atom. The molecule has 0 unspecified atom stereocenters. The largest absolute Gasteiger partial charge is 0.497 e. The van der Waals surface area contributed by atoms with Gasteiger partial charge in [0.25, 0.3) is 5.91 Å². The highest BCUT2D eigenvalue weighted by Crippen LogP contribution is 2.27. The van der Waals surface area contributed by atoms with Gasteiger partial charge in [-0.25, -0.2) is 8.42 Å². The maximum Gasteiger partial charge on any atom is 0.258 e. The molecule has 0 N–H and O–H groups in total. The van der Waals surface area contributed by atoms with E-state index in [1.807, 2.05) is 32.0 Å². The van der Waals surface area contributed by atoms with Crippen molar-refractivity contribution in [3.8, 4) is 5.75 Å². The summed E-state index contributed by atoms with van der Waals surface area (Å²) in [6, 6.07) is 12.1. The first-order chi connectivity index (χ1) is 12.3. The van der Waals surface area contributed by atoms with Crippen molar-refractivity contribution in [1.82, 2.24) is 0 Å². The molecule has 1 aliphatic rings. The summed E-state index contributed by atoms with van der Waals surface area (Å²) >= 11 is 0. The van der Waals surface area contributed by atoms with Gasteiger partial charge >= 0.3 is 0 Å². The first-order valence-corrected chi connectivity index (χ1v) is 9.97. The van der Waals surface area contributed by atoms with Gasteiger partial charge in [-0.05, 0) is 61.4 Å². The molecule has 1 aliphatic heterocycles. The molecule has 5 nitrogen and oxygen atoms in total. The van der Waals surface area contributed by atoms with Crippen molar-refractivity contribution in [2.24, 2.45) is 0 Å². The SMILES string of the molecule is COc1cccc(C(=O)N(c2cc(C)cc(C)c2)[C@@H]2C=CS(=O)(=O)C2)c1. The third kappa shape index (κ3) is 3.80. The number of amides is 1. The molecule has 3 rings (SSSR count). The number of rotatable bonds is 4. The zero-order valence-electron chi connectivity index (χ0n) is 15.0. The predicted molar refractivity (Wildman–Crippen MR) is 102 cm³/mol. The van der Waals surface area contributed by atoms with E-state index in [2.05, 4.69) is 0 Å². The Bertz CT molecular complexity index is 959. The van der Waals surface area contributed by atoms with Gasteiger partial charge in [-0.2, -0.15) is 0 Å². The van der Waals surface area contributed by atoms with Crippen LogP contribution in [-0.2, 0) is 9.84 Å². The van der Waals surface area contributed by atoms with Gasteiger partial charge in [0, 0.05) is 16.7 Å². The second kappa shape index (κ2) is 6.96. The lowest BCUT2D eigenvalue weighted by atomic mass is 10.1. The van der Waals surface area contributed by atoms with Crippen molar-refractivity contribution in [3.05, 3.63) is 70.6 Å². The van der Waals surface area contributed by atoms with Crippen LogP contribution >= 0.6 is 0 Å². The third-order valence-corrected chi connectivity index (χ3v) is 5.64. The van der Waals surface area contributed by atoms with Crippen molar-refractivity contribution in [1.29, 1.82) is 0 Å². The Kier molecular flexibility index (Phi) is 4.87. The second-order valence-electron chi connectivity index (χ2n) is 6.48. The van der Waals surface area contributed by atoms with Crippen molar-refractivity contribution in [3.63, 3.8) is 0 Å². The molecule has 2 aromatic carbocycles. The maximum absolute atomic E-state index is 13.3. The lowest BCUT2D eigenvalue weighted by molar-refractivity contribution is 0.0983. The molecule has 1 heterocycles. The van der Waals surface area contributed by atoms with E-state index in [4.69, 9.17) is 4.74 Å². The number of ether oxygens (including phenoxy) is 1. The Morgan fingerprint density at radius 3 is 2.38 bits per heavy atom. The fraction of sp³-hybridized carbons (Fsp3) is 0.250. The van der Waals surface area contributed by atoms with E-state index in [-0.39, 0.29) is 11.7 Å². The zero-order valence-corrected chi connectivity index (χ0v) is 15.8. The van der Waals surface area contributed by atoms with Crippen LogP contribution in [0.15, 0.2) is 53.9 Å². The van der Waals surface area contributed by atoms with Crippen LogP contribution < -0.4 is 9.64 Å². The highest BCUT2D eigenvalue weighted by atomic mass is 32.2. The minimum atomic E-state index is -3.30. The number of anilines is 1. The molecule has 2 aromatic rings. The van der Waals surface area contributed by atoms with Crippen LogP contribution in [0, 0.1) is 13.8 Å². The van der Waals surface area contributed by atoms with E-state index in [0.29, 0.717) is 17.0 Å². The molecule has 0 fully saturated rings. The fourth-order valence-electron chi connectivity index (χ4n) is 3.16. The van der Waals surface area contributed by atoms with Gasteiger partial charge in [0.2, 0.25) is 0 Å². The van der Waals surface area contributed by atoms with E-state index in [9.17, 15) is 13.2 Å². The monoisotopic (exact) mass is 371 g/mol. The Morgan fingerprint density at radius 1 is 1.12 bits per heavy atom. The molecule has 0 saturated heterocycles. The summed E-state index contributed by atoms with van der Waals surface area (Å²) in [7, 11) is -1.76. The smallest absolute Gasteiger partial charge is 0.258 e. The summed E-state index contributed by atoms with van der Waals surface area (Å²) in [5.74, 6) is 0.196. The number of nitrogens with zero attached hydrogens (tertiary/aromatic N) is 1. The molecular weight excluding hydrogens is 350 g/mol. The standard InChI is InChI=1S/C20H21NO4S/c1-14-9-15(2)11-18(10-14)21(17-7-8-26(23,24)13-17)20(22)16-5-4-6-19(12-16)25-3/h4-12,17H,13H2,1-3H3/t17-/m1/s1. The van der Waals surface area contributed by atoms with Gasteiger partial charge in [-0.1, -0.05) is 12.1 Å². The van der Waals surface area contributed by atoms with Gasteiger partial charge in [0.15, 0.2) is 9.84 Å². The maximum atomic E-state index is 13.3. The molecule has 1 amide bonds. The van der Waals surface area contributed by atoms with Gasteiger partial charge in [-0.3, -0.25) is 4.79 Å². The number of methoxy groups -OCH3 is 1. The zero-order chi connectivity index (χ0) is 18.9. The first-order valence-electron chi connectivity index (χ1n) is 8.26. The first kappa shape index (κ1) is 18.2. The van der Waals surface area contributed by atoms with Crippen molar-refractivity contribution in [2.45, 2.75) is 19.9 Å². The Balaban J connectivity index is 2.08. The number of hydrogen-bond donors (Lipinski definition) is 0. The van der Waals surface area contributed by atoms with Gasteiger partial charge in [0.1, 0.15) is 5.75 Å². The fourth-order valence-corrected chi connectivity index (χ4v) is 4.43. The normalized spacial score (nSPS) is 17.9. The van der Waals surface area contributed by atoms with E-state index in [0.717, 1.165) is 11.1 Å². The lowest BCUT2D eigenvalue weighted by Gasteiger charge is -2.28. The molecule has 0 bridgehead atoms. The quantitative estimate of drug-likeness (QED) is 0.827. The third-order valence-electron chi connectivity index (χ3n) is 4.26. The molecule has 136 valence electrons. The van der Waals surface area contributed by atoms with Crippen LogP contribution in [0.3, 0.4) is 0 Å². The molecule has 0 spiro atoms. The average molecular weight is 371 g/mol. The molecule has 6 heteroatoms. The topological polar surface area (TPSA) is 63.7 Å². The van der Waals surface area contributed by atoms with E-state index in [1.54, 1.807) is 35.2 Å². The lowest BCUT2D eigenvalue weighted by Crippen LogP contribution is -2.41. The predicted octanol–water partition coefficient (Wildman–Crippen LogP) is 3.27. The average Bonchev–Trinajstić information content (AvgIpc) is 2.93. The molecule has 0 aliphatic carbocycles.